The van der Waals surface area contributed by atoms with Gasteiger partial charge in [0.2, 0.25) is 0 Å². The molecule has 0 radical (unpaired) electrons. The SMILES string of the molecule is CCOc1ccc(C(=O)NC(=S)Nc2sc3c(c2C#N)CCC(C(C)(C)C)C3)cc1. The topological polar surface area (TPSA) is 74.2 Å². The van der Waals surface area contributed by atoms with Gasteiger partial charge in [-0.1, -0.05) is 20.8 Å². The molecule has 0 saturated heterocycles. The number of carbonyl (C=O) groups is 1. The smallest absolute Gasteiger partial charge is 0.257 e. The molecule has 158 valence electrons. The second-order valence-corrected chi connectivity index (χ2v) is 10.0. The van der Waals surface area contributed by atoms with Crippen LogP contribution < -0.4 is 15.4 Å². The lowest BCUT2D eigenvalue weighted by Gasteiger charge is -2.33. The summed E-state index contributed by atoms with van der Waals surface area (Å²) in [7, 11) is 0. The molecule has 1 aromatic carbocycles. The minimum atomic E-state index is -0.303. The molecule has 0 aliphatic heterocycles. The number of nitriles is 1. The van der Waals surface area contributed by atoms with Gasteiger partial charge in [-0.3, -0.25) is 10.1 Å². The molecule has 1 heterocycles. The van der Waals surface area contributed by atoms with Crippen molar-refractivity contribution in [2.75, 3.05) is 11.9 Å². The van der Waals surface area contributed by atoms with Gasteiger partial charge in [-0.2, -0.15) is 5.26 Å². The Labute approximate surface area is 187 Å². The zero-order valence-corrected chi connectivity index (χ0v) is 19.4. The van der Waals surface area contributed by atoms with E-state index in [1.54, 1.807) is 35.6 Å². The number of fused-ring (bicyclic) bond motifs is 1. The first-order valence-electron chi connectivity index (χ1n) is 10.1. The fraction of sp³-hybridized carbons (Fsp3) is 0.435. The highest BCUT2D eigenvalue weighted by molar-refractivity contribution is 7.80. The molecule has 7 heteroatoms. The monoisotopic (exact) mass is 441 g/mol. The van der Waals surface area contributed by atoms with Crippen molar-refractivity contribution in [1.29, 1.82) is 5.26 Å². The molecule has 30 heavy (non-hydrogen) atoms. The van der Waals surface area contributed by atoms with Crippen molar-refractivity contribution in [3.63, 3.8) is 0 Å². The van der Waals surface area contributed by atoms with Gasteiger partial charge in [-0.15, -0.1) is 11.3 Å². The van der Waals surface area contributed by atoms with E-state index in [4.69, 9.17) is 17.0 Å². The Hall–Kier alpha value is -2.43. The van der Waals surface area contributed by atoms with Gasteiger partial charge in [0.15, 0.2) is 5.11 Å². The highest BCUT2D eigenvalue weighted by Crippen LogP contribution is 2.43. The van der Waals surface area contributed by atoms with Crippen molar-refractivity contribution in [2.24, 2.45) is 11.3 Å². The molecule has 2 N–H and O–H groups in total. The van der Waals surface area contributed by atoms with Gasteiger partial charge >= 0.3 is 0 Å². The Morgan fingerprint density at radius 1 is 1.33 bits per heavy atom. The van der Waals surface area contributed by atoms with E-state index in [1.807, 2.05) is 6.92 Å². The number of thiocarbonyl (C=S) groups is 1. The summed E-state index contributed by atoms with van der Waals surface area (Å²) in [5, 5.41) is 16.4. The van der Waals surface area contributed by atoms with Crippen LogP contribution >= 0.6 is 23.6 Å². The number of hydrogen-bond acceptors (Lipinski definition) is 5. The highest BCUT2D eigenvalue weighted by atomic mass is 32.1. The molecule has 3 rings (SSSR count). The van der Waals surface area contributed by atoms with Gasteiger partial charge in [0, 0.05) is 10.4 Å². The third kappa shape index (κ3) is 5.00. The highest BCUT2D eigenvalue weighted by Gasteiger charge is 2.32. The summed E-state index contributed by atoms with van der Waals surface area (Å²) in [6.45, 7) is 9.29. The van der Waals surface area contributed by atoms with Crippen molar-refractivity contribution in [3.8, 4) is 11.8 Å². The second kappa shape index (κ2) is 9.15. The Balaban J connectivity index is 1.69. The molecular weight excluding hydrogens is 414 g/mol. The number of nitrogens with zero attached hydrogens (tertiary/aromatic N) is 1. The van der Waals surface area contributed by atoms with Crippen LogP contribution in [0.5, 0.6) is 5.75 Å². The first-order valence-corrected chi connectivity index (χ1v) is 11.3. The quantitative estimate of drug-likeness (QED) is 0.630. The van der Waals surface area contributed by atoms with Gasteiger partial charge in [-0.05, 0) is 79.6 Å². The van der Waals surface area contributed by atoms with E-state index in [0.717, 1.165) is 24.8 Å². The van der Waals surface area contributed by atoms with E-state index in [-0.39, 0.29) is 16.4 Å². The lowest BCUT2D eigenvalue weighted by Crippen LogP contribution is -2.34. The van der Waals surface area contributed by atoms with Crippen LogP contribution in [-0.4, -0.2) is 17.6 Å². The normalized spacial score (nSPS) is 15.6. The predicted octanol–water partition coefficient (Wildman–Crippen LogP) is 5.30. The largest absolute Gasteiger partial charge is 0.494 e. The molecule has 1 atom stereocenters. The fourth-order valence-electron chi connectivity index (χ4n) is 3.71. The van der Waals surface area contributed by atoms with Gasteiger partial charge < -0.3 is 10.1 Å². The maximum Gasteiger partial charge on any atom is 0.257 e. The molecule has 0 spiro atoms. The molecule has 0 saturated carbocycles. The lowest BCUT2D eigenvalue weighted by atomic mass is 9.72. The second-order valence-electron chi connectivity index (χ2n) is 8.49. The van der Waals surface area contributed by atoms with E-state index < -0.39 is 0 Å². The number of hydrogen-bond donors (Lipinski definition) is 2. The first kappa shape index (κ1) is 22.3. The summed E-state index contributed by atoms with van der Waals surface area (Å²) in [4.78, 5) is 13.7. The zero-order chi connectivity index (χ0) is 21.9. The third-order valence-electron chi connectivity index (χ3n) is 5.48. The van der Waals surface area contributed by atoms with Crippen LogP contribution in [0.3, 0.4) is 0 Å². The summed E-state index contributed by atoms with van der Waals surface area (Å²) in [5.41, 5.74) is 2.51. The van der Waals surface area contributed by atoms with Crippen LogP contribution in [0.25, 0.3) is 0 Å². The van der Waals surface area contributed by atoms with Gasteiger partial charge in [0.25, 0.3) is 5.91 Å². The Bertz CT molecular complexity index is 982. The standard InChI is InChI=1S/C23H27N3O2S2/c1-5-28-16-9-6-14(7-10-16)20(27)25-22(29)26-21-18(13-24)17-11-8-15(23(2,3)4)12-19(17)30-21/h6-7,9-10,15H,5,8,11-12H2,1-4H3,(H2,25,26,27,29). The van der Waals surface area contributed by atoms with Crippen LogP contribution in [0.15, 0.2) is 24.3 Å². The van der Waals surface area contributed by atoms with Crippen molar-refractivity contribution >= 4 is 39.6 Å². The molecule has 5 nitrogen and oxygen atoms in total. The third-order valence-corrected chi connectivity index (χ3v) is 6.86. The zero-order valence-electron chi connectivity index (χ0n) is 17.8. The molecule has 1 unspecified atom stereocenters. The molecule has 1 aliphatic carbocycles. The Kier molecular flexibility index (Phi) is 6.79. The predicted molar refractivity (Wildman–Crippen MR) is 125 cm³/mol. The summed E-state index contributed by atoms with van der Waals surface area (Å²) in [6, 6.07) is 9.22. The van der Waals surface area contributed by atoms with Crippen LogP contribution in [0, 0.1) is 22.7 Å². The van der Waals surface area contributed by atoms with E-state index in [1.165, 1.54) is 4.88 Å². The lowest BCUT2D eigenvalue weighted by molar-refractivity contribution is 0.0977. The van der Waals surface area contributed by atoms with Crippen LogP contribution in [0.2, 0.25) is 0 Å². The molecule has 1 amide bonds. The van der Waals surface area contributed by atoms with E-state index in [9.17, 15) is 10.1 Å². The number of thiophene rings is 1. The number of anilines is 1. The van der Waals surface area contributed by atoms with Crippen LogP contribution in [-0.2, 0) is 12.8 Å². The number of nitrogens with one attached hydrogen (secondary N) is 2. The molecule has 2 aromatic rings. The van der Waals surface area contributed by atoms with Crippen LogP contribution in [0.4, 0.5) is 5.00 Å². The fourth-order valence-corrected chi connectivity index (χ4v) is 5.25. The van der Waals surface area contributed by atoms with Gasteiger partial charge in [-0.25, -0.2) is 0 Å². The van der Waals surface area contributed by atoms with E-state index in [2.05, 4.69) is 37.5 Å². The number of ether oxygens (including phenoxy) is 1. The van der Waals surface area contributed by atoms with E-state index >= 15 is 0 Å². The average Bonchev–Trinajstić information content (AvgIpc) is 3.03. The number of rotatable bonds is 4. The molecule has 1 aromatic heterocycles. The van der Waals surface area contributed by atoms with Gasteiger partial charge in [0.1, 0.15) is 16.8 Å². The van der Waals surface area contributed by atoms with Crippen LogP contribution in [0.1, 0.15) is 60.5 Å². The van der Waals surface area contributed by atoms with Crippen molar-refractivity contribution in [1.82, 2.24) is 5.32 Å². The maximum absolute atomic E-state index is 12.5. The van der Waals surface area contributed by atoms with Gasteiger partial charge in [0.05, 0.1) is 12.2 Å². The summed E-state index contributed by atoms with van der Waals surface area (Å²) >= 11 is 6.92. The number of carbonyl (C=O) groups excluding carboxylic acids is 1. The molecule has 0 bridgehead atoms. The summed E-state index contributed by atoms with van der Waals surface area (Å²) < 4.78 is 5.40. The molecule has 0 fully saturated rings. The summed E-state index contributed by atoms with van der Waals surface area (Å²) in [5.74, 6) is 1.00. The van der Waals surface area contributed by atoms with Crippen molar-refractivity contribution in [2.45, 2.75) is 47.0 Å². The molecule has 1 aliphatic rings. The Morgan fingerprint density at radius 2 is 2.03 bits per heavy atom. The van der Waals surface area contributed by atoms with Crippen molar-refractivity contribution < 1.29 is 9.53 Å². The minimum absolute atomic E-state index is 0.191. The number of benzene rings is 1. The maximum atomic E-state index is 12.5. The first-order chi connectivity index (χ1) is 14.2. The van der Waals surface area contributed by atoms with E-state index in [0.29, 0.717) is 34.4 Å². The summed E-state index contributed by atoms with van der Waals surface area (Å²) in [6.07, 6.45) is 2.97. The molecular formula is C23H27N3O2S2. The average molecular weight is 442 g/mol. The number of amides is 1. The van der Waals surface area contributed by atoms with Crippen molar-refractivity contribution in [3.05, 3.63) is 45.8 Å². The Morgan fingerprint density at radius 3 is 2.63 bits per heavy atom. The minimum Gasteiger partial charge on any atom is -0.494 e.